The molecule has 1 fully saturated rings. The molecule has 1 unspecified atom stereocenters. The van der Waals surface area contributed by atoms with Gasteiger partial charge in [-0.2, -0.15) is 0 Å². The quantitative estimate of drug-likeness (QED) is 0.159. The third-order valence-electron chi connectivity index (χ3n) is 8.62. The maximum atomic E-state index is 14.7. The summed E-state index contributed by atoms with van der Waals surface area (Å²) in [6, 6.07) is 26.1. The van der Waals surface area contributed by atoms with E-state index in [2.05, 4.69) is 5.32 Å². The lowest BCUT2D eigenvalue weighted by atomic mass is 9.94. The Labute approximate surface area is 297 Å². The van der Waals surface area contributed by atoms with Crippen LogP contribution in [0.1, 0.15) is 48.8 Å². The molecule has 252 valence electrons. The molecule has 1 aliphatic rings. The lowest BCUT2D eigenvalue weighted by molar-refractivity contribution is -0.140. The number of benzene rings is 4. The van der Waals surface area contributed by atoms with Gasteiger partial charge in [0.2, 0.25) is 11.8 Å². The van der Waals surface area contributed by atoms with Crippen LogP contribution < -0.4 is 9.62 Å². The first-order valence-electron chi connectivity index (χ1n) is 15.9. The number of aryl methyl sites for hydroxylation is 1. The summed E-state index contributed by atoms with van der Waals surface area (Å²) in [5.74, 6) is -0.918. The molecule has 0 bridgehead atoms. The highest BCUT2D eigenvalue weighted by Crippen LogP contribution is 2.30. The van der Waals surface area contributed by atoms with Crippen LogP contribution in [0.4, 0.5) is 5.69 Å². The lowest BCUT2D eigenvalue weighted by Crippen LogP contribution is -2.55. The highest BCUT2D eigenvalue weighted by molar-refractivity contribution is 7.92. The molecule has 0 radical (unpaired) electrons. The average Bonchev–Trinajstić information content (AvgIpc) is 3.08. The van der Waals surface area contributed by atoms with Crippen LogP contribution in [0.2, 0.25) is 15.1 Å². The molecule has 1 aliphatic carbocycles. The van der Waals surface area contributed by atoms with E-state index >= 15 is 0 Å². The molecule has 5 rings (SSSR count). The first-order valence-corrected chi connectivity index (χ1v) is 18.5. The van der Waals surface area contributed by atoms with Crippen LogP contribution in [0.15, 0.2) is 102 Å². The number of hydrogen-bond donors (Lipinski definition) is 1. The molecular formula is C37H38Cl3N3O4S. The largest absolute Gasteiger partial charge is 0.352 e. The standard InChI is InChI=1S/C37H38Cl3N3O4S/c1-26-15-21-31(22-16-26)48(46,47)43(30-19-17-28(38)18-20-30)25-36(44)42(24-32-33(39)13-8-14-34(32)40)35(23-27-9-4-2-5-10-27)37(45)41-29-11-6-3-7-12-29/h2,4-5,8-10,13-22,29,35H,3,6-7,11-12,23-25H2,1H3,(H,41,45). The fourth-order valence-corrected chi connectivity index (χ4v) is 7.98. The second kappa shape index (κ2) is 16.2. The number of amides is 2. The van der Waals surface area contributed by atoms with Gasteiger partial charge in [0.15, 0.2) is 0 Å². The van der Waals surface area contributed by atoms with E-state index in [4.69, 9.17) is 34.8 Å². The number of halogens is 3. The molecule has 7 nitrogen and oxygen atoms in total. The van der Waals surface area contributed by atoms with Gasteiger partial charge in [-0.25, -0.2) is 8.42 Å². The second-order valence-electron chi connectivity index (χ2n) is 12.1. The molecule has 11 heteroatoms. The maximum absolute atomic E-state index is 14.7. The minimum atomic E-state index is -4.24. The van der Waals surface area contributed by atoms with E-state index in [0.29, 0.717) is 20.6 Å². The van der Waals surface area contributed by atoms with E-state index in [0.717, 1.165) is 47.5 Å². The summed E-state index contributed by atoms with van der Waals surface area (Å²) in [7, 11) is -4.24. The van der Waals surface area contributed by atoms with E-state index in [9.17, 15) is 18.0 Å². The predicted octanol–water partition coefficient (Wildman–Crippen LogP) is 8.24. The summed E-state index contributed by atoms with van der Waals surface area (Å²) in [6.45, 7) is 1.15. The Bertz CT molecular complexity index is 1800. The van der Waals surface area contributed by atoms with E-state index in [-0.39, 0.29) is 35.5 Å². The van der Waals surface area contributed by atoms with Crippen molar-refractivity contribution in [2.75, 3.05) is 10.8 Å². The van der Waals surface area contributed by atoms with Gasteiger partial charge in [-0.05, 0) is 73.9 Å². The topological polar surface area (TPSA) is 86.8 Å². The van der Waals surface area contributed by atoms with Crippen molar-refractivity contribution in [3.8, 4) is 0 Å². The molecule has 0 heterocycles. The summed E-state index contributed by atoms with van der Waals surface area (Å²) < 4.78 is 29.5. The van der Waals surface area contributed by atoms with Gasteiger partial charge >= 0.3 is 0 Å². The van der Waals surface area contributed by atoms with Crippen LogP contribution in [0.3, 0.4) is 0 Å². The van der Waals surface area contributed by atoms with Gasteiger partial charge in [-0.1, -0.05) is 108 Å². The van der Waals surface area contributed by atoms with E-state index < -0.39 is 28.5 Å². The molecule has 0 aliphatic heterocycles. The molecule has 1 N–H and O–H groups in total. The Morgan fingerprint density at radius 1 is 0.812 bits per heavy atom. The van der Waals surface area contributed by atoms with Gasteiger partial charge in [-0.15, -0.1) is 0 Å². The molecule has 2 amide bonds. The van der Waals surface area contributed by atoms with Crippen molar-refractivity contribution in [2.45, 2.75) is 69.0 Å². The van der Waals surface area contributed by atoms with Crippen LogP contribution in [-0.2, 0) is 32.6 Å². The number of nitrogens with zero attached hydrogens (tertiary/aromatic N) is 2. The van der Waals surface area contributed by atoms with E-state index in [1.165, 1.54) is 17.0 Å². The monoisotopic (exact) mass is 725 g/mol. The van der Waals surface area contributed by atoms with Crippen LogP contribution in [0, 0.1) is 6.92 Å². The van der Waals surface area contributed by atoms with Gasteiger partial charge in [0.1, 0.15) is 12.6 Å². The highest BCUT2D eigenvalue weighted by Gasteiger charge is 2.36. The van der Waals surface area contributed by atoms with Crippen LogP contribution in [-0.4, -0.2) is 43.8 Å². The Hall–Kier alpha value is -3.56. The first kappa shape index (κ1) is 35.7. The number of rotatable bonds is 12. The van der Waals surface area contributed by atoms with E-state index in [1.54, 1.807) is 54.6 Å². The van der Waals surface area contributed by atoms with Gasteiger partial charge in [0, 0.05) is 39.6 Å². The highest BCUT2D eigenvalue weighted by atomic mass is 35.5. The summed E-state index contributed by atoms with van der Waals surface area (Å²) in [6.07, 6.45) is 5.04. The summed E-state index contributed by atoms with van der Waals surface area (Å²) in [5.41, 5.74) is 2.43. The van der Waals surface area contributed by atoms with Crippen molar-refractivity contribution < 1.29 is 18.0 Å². The fraction of sp³-hybridized carbons (Fsp3) is 0.297. The normalized spacial score (nSPS) is 14.2. The van der Waals surface area contributed by atoms with Gasteiger partial charge < -0.3 is 10.2 Å². The van der Waals surface area contributed by atoms with Crippen molar-refractivity contribution in [1.29, 1.82) is 0 Å². The number of carbonyl (C=O) groups is 2. The lowest BCUT2D eigenvalue weighted by Gasteiger charge is -2.35. The van der Waals surface area contributed by atoms with Crippen molar-refractivity contribution in [2.24, 2.45) is 0 Å². The van der Waals surface area contributed by atoms with Crippen molar-refractivity contribution in [3.63, 3.8) is 0 Å². The van der Waals surface area contributed by atoms with Gasteiger partial charge in [-0.3, -0.25) is 13.9 Å². The smallest absolute Gasteiger partial charge is 0.264 e. The van der Waals surface area contributed by atoms with Crippen LogP contribution in [0.5, 0.6) is 0 Å². The molecule has 0 spiro atoms. The fourth-order valence-electron chi connectivity index (χ4n) is 5.93. The molecule has 4 aromatic carbocycles. The minimum absolute atomic E-state index is 0.0159. The zero-order valence-corrected chi connectivity index (χ0v) is 29.7. The third-order valence-corrected chi connectivity index (χ3v) is 11.4. The molecule has 4 aromatic rings. The Morgan fingerprint density at radius 2 is 1.44 bits per heavy atom. The number of sulfonamides is 1. The number of hydrogen-bond acceptors (Lipinski definition) is 4. The third kappa shape index (κ3) is 8.91. The molecule has 0 aromatic heterocycles. The number of anilines is 1. The Balaban J connectivity index is 1.59. The molecular weight excluding hydrogens is 689 g/mol. The summed E-state index contributed by atoms with van der Waals surface area (Å²) in [5, 5.41) is 4.26. The van der Waals surface area contributed by atoms with Gasteiger partial charge in [0.25, 0.3) is 10.0 Å². The number of nitrogens with one attached hydrogen (secondary N) is 1. The van der Waals surface area contributed by atoms with Crippen molar-refractivity contribution in [3.05, 3.63) is 129 Å². The van der Waals surface area contributed by atoms with Gasteiger partial charge in [0.05, 0.1) is 10.6 Å². The SMILES string of the molecule is Cc1ccc(S(=O)(=O)N(CC(=O)N(Cc2c(Cl)cccc2Cl)C(Cc2ccccc2)C(=O)NC2CCCCC2)c2ccc(Cl)cc2)cc1. The van der Waals surface area contributed by atoms with Crippen molar-refractivity contribution >= 4 is 62.3 Å². The summed E-state index contributed by atoms with van der Waals surface area (Å²) >= 11 is 19.4. The van der Waals surface area contributed by atoms with Crippen molar-refractivity contribution in [1.82, 2.24) is 10.2 Å². The van der Waals surface area contributed by atoms with Crippen LogP contribution >= 0.6 is 34.8 Å². The number of carbonyl (C=O) groups excluding carboxylic acids is 2. The van der Waals surface area contributed by atoms with Crippen LogP contribution in [0.25, 0.3) is 0 Å². The molecule has 1 saturated carbocycles. The Morgan fingerprint density at radius 3 is 2.06 bits per heavy atom. The van der Waals surface area contributed by atoms with E-state index in [1.807, 2.05) is 37.3 Å². The molecule has 48 heavy (non-hydrogen) atoms. The summed E-state index contributed by atoms with van der Waals surface area (Å²) in [4.78, 5) is 30.4. The zero-order chi connectivity index (χ0) is 34.3. The average molecular weight is 727 g/mol. The zero-order valence-electron chi connectivity index (χ0n) is 26.6. The maximum Gasteiger partial charge on any atom is 0.264 e. The second-order valence-corrected chi connectivity index (χ2v) is 15.2. The predicted molar refractivity (Wildman–Crippen MR) is 193 cm³/mol. The first-order chi connectivity index (χ1) is 23.0. The molecule has 1 atom stereocenters. The minimum Gasteiger partial charge on any atom is -0.352 e. The molecule has 0 saturated heterocycles. The Kier molecular flexibility index (Phi) is 12.1.